The van der Waals surface area contributed by atoms with Gasteiger partial charge in [0.15, 0.2) is 0 Å². The highest BCUT2D eigenvalue weighted by Gasteiger charge is 2.29. The van der Waals surface area contributed by atoms with Gasteiger partial charge in [0, 0.05) is 6.04 Å². The van der Waals surface area contributed by atoms with E-state index < -0.39 is 0 Å². The van der Waals surface area contributed by atoms with E-state index in [0.29, 0.717) is 11.0 Å². The summed E-state index contributed by atoms with van der Waals surface area (Å²) in [5.41, 5.74) is 5.56. The molecular weight excluding hydrogens is 208 g/mol. The lowest BCUT2D eigenvalue weighted by Crippen LogP contribution is -2.48. The summed E-state index contributed by atoms with van der Waals surface area (Å²) in [6.07, 6.45) is 3.85. The van der Waals surface area contributed by atoms with Crippen LogP contribution < -0.4 is 11.1 Å². The maximum atomic E-state index is 11.8. The zero-order valence-corrected chi connectivity index (χ0v) is 10.3. The molecule has 1 aliphatic rings. The fourth-order valence-electron chi connectivity index (χ4n) is 2.01. The summed E-state index contributed by atoms with van der Waals surface area (Å²) in [6, 6.07) is 0.348. The number of nitrogens with one attached hydrogen (secondary N) is 1. The van der Waals surface area contributed by atoms with E-state index in [2.05, 4.69) is 12.2 Å². The van der Waals surface area contributed by atoms with Crippen LogP contribution in [0, 0.1) is 11.8 Å². The summed E-state index contributed by atoms with van der Waals surface area (Å²) in [6.45, 7) is 4.23. The van der Waals surface area contributed by atoms with Gasteiger partial charge in [-0.25, -0.2) is 0 Å². The standard InChI is InChI=1S/C11H20N2OS/c1-3-4-9(10(12)15)11(14)13-8-5-7(2)6-8/h7-9H,3-6H2,1-2H3,(H2,12,15)(H,13,14). The molecular formula is C11H20N2OS. The highest BCUT2D eigenvalue weighted by atomic mass is 32.1. The average Bonchev–Trinajstić information content (AvgIpc) is 2.10. The molecule has 1 fully saturated rings. The molecule has 1 saturated carbocycles. The Morgan fingerprint density at radius 3 is 2.60 bits per heavy atom. The maximum Gasteiger partial charge on any atom is 0.230 e. The van der Waals surface area contributed by atoms with Crippen molar-refractivity contribution >= 4 is 23.1 Å². The number of carbonyl (C=O) groups is 1. The molecule has 0 aromatic carbocycles. The Balaban J connectivity index is 2.39. The number of hydrogen-bond donors (Lipinski definition) is 2. The van der Waals surface area contributed by atoms with Crippen LogP contribution in [0.1, 0.15) is 39.5 Å². The van der Waals surface area contributed by atoms with Crippen molar-refractivity contribution in [3.63, 3.8) is 0 Å². The molecule has 86 valence electrons. The Kier molecular flexibility index (Phi) is 4.51. The molecule has 0 bridgehead atoms. The SMILES string of the molecule is CCCC(C(=O)NC1CC(C)C1)C(N)=S. The van der Waals surface area contributed by atoms with Gasteiger partial charge in [0.2, 0.25) is 5.91 Å². The highest BCUT2D eigenvalue weighted by Crippen LogP contribution is 2.26. The van der Waals surface area contributed by atoms with Gasteiger partial charge in [0.05, 0.1) is 10.9 Å². The summed E-state index contributed by atoms with van der Waals surface area (Å²) in [4.78, 5) is 12.1. The van der Waals surface area contributed by atoms with Crippen LogP contribution >= 0.6 is 12.2 Å². The predicted octanol–water partition coefficient (Wildman–Crippen LogP) is 1.60. The Hall–Kier alpha value is -0.640. The molecule has 0 saturated heterocycles. The zero-order chi connectivity index (χ0) is 11.4. The van der Waals surface area contributed by atoms with E-state index in [4.69, 9.17) is 18.0 Å². The van der Waals surface area contributed by atoms with Gasteiger partial charge in [-0.2, -0.15) is 0 Å². The fraction of sp³-hybridized carbons (Fsp3) is 0.818. The second-order valence-electron chi connectivity index (χ2n) is 4.53. The normalized spacial score (nSPS) is 26.5. The Labute approximate surface area is 96.8 Å². The van der Waals surface area contributed by atoms with Gasteiger partial charge in [-0.15, -0.1) is 0 Å². The smallest absolute Gasteiger partial charge is 0.230 e. The quantitative estimate of drug-likeness (QED) is 0.703. The molecule has 0 heterocycles. The van der Waals surface area contributed by atoms with Crippen molar-refractivity contribution in [1.29, 1.82) is 0 Å². The lowest BCUT2D eigenvalue weighted by atomic mass is 9.81. The lowest BCUT2D eigenvalue weighted by Gasteiger charge is -2.34. The van der Waals surface area contributed by atoms with Crippen molar-refractivity contribution in [3.8, 4) is 0 Å². The number of amides is 1. The van der Waals surface area contributed by atoms with Gasteiger partial charge in [0.1, 0.15) is 0 Å². The molecule has 0 radical (unpaired) electrons. The molecule has 4 heteroatoms. The van der Waals surface area contributed by atoms with Crippen molar-refractivity contribution in [2.45, 2.75) is 45.6 Å². The zero-order valence-electron chi connectivity index (χ0n) is 9.45. The first-order valence-corrected chi connectivity index (χ1v) is 6.05. The van der Waals surface area contributed by atoms with E-state index in [1.54, 1.807) is 0 Å². The number of rotatable bonds is 5. The van der Waals surface area contributed by atoms with E-state index in [1.165, 1.54) is 0 Å². The Bertz CT molecular complexity index is 249. The Morgan fingerprint density at radius 1 is 1.60 bits per heavy atom. The van der Waals surface area contributed by atoms with Crippen LogP contribution in [0.5, 0.6) is 0 Å². The molecule has 1 unspecified atom stereocenters. The second kappa shape index (κ2) is 5.45. The molecule has 0 spiro atoms. The van der Waals surface area contributed by atoms with Crippen molar-refractivity contribution in [2.24, 2.45) is 17.6 Å². The molecule has 3 nitrogen and oxygen atoms in total. The highest BCUT2D eigenvalue weighted by molar-refractivity contribution is 7.80. The van der Waals surface area contributed by atoms with Crippen LogP contribution in [-0.4, -0.2) is 16.9 Å². The molecule has 1 amide bonds. The maximum absolute atomic E-state index is 11.8. The molecule has 1 atom stereocenters. The van der Waals surface area contributed by atoms with Crippen LogP contribution in [0.25, 0.3) is 0 Å². The largest absolute Gasteiger partial charge is 0.393 e. The van der Waals surface area contributed by atoms with E-state index >= 15 is 0 Å². The summed E-state index contributed by atoms with van der Waals surface area (Å²) in [5.74, 6) is 0.479. The molecule has 1 rings (SSSR count). The molecule has 0 aromatic heterocycles. The van der Waals surface area contributed by atoms with Crippen LogP contribution in [0.15, 0.2) is 0 Å². The second-order valence-corrected chi connectivity index (χ2v) is 5.00. The van der Waals surface area contributed by atoms with Crippen molar-refractivity contribution in [1.82, 2.24) is 5.32 Å². The number of thiocarbonyl (C=S) groups is 1. The van der Waals surface area contributed by atoms with Crippen molar-refractivity contribution in [2.75, 3.05) is 0 Å². The van der Waals surface area contributed by atoms with Gasteiger partial charge in [0.25, 0.3) is 0 Å². The monoisotopic (exact) mass is 228 g/mol. The molecule has 0 aromatic rings. The third kappa shape index (κ3) is 3.45. The minimum atomic E-state index is -0.277. The Morgan fingerprint density at radius 2 is 2.20 bits per heavy atom. The third-order valence-electron chi connectivity index (χ3n) is 2.96. The van der Waals surface area contributed by atoms with Gasteiger partial charge in [-0.05, 0) is 25.2 Å². The van der Waals surface area contributed by atoms with Crippen LogP contribution in [0.2, 0.25) is 0 Å². The molecule has 15 heavy (non-hydrogen) atoms. The minimum Gasteiger partial charge on any atom is -0.393 e. The molecule has 3 N–H and O–H groups in total. The third-order valence-corrected chi connectivity index (χ3v) is 3.24. The van der Waals surface area contributed by atoms with Gasteiger partial charge >= 0.3 is 0 Å². The topological polar surface area (TPSA) is 55.1 Å². The van der Waals surface area contributed by atoms with Crippen LogP contribution in [0.3, 0.4) is 0 Å². The van der Waals surface area contributed by atoms with E-state index in [0.717, 1.165) is 31.6 Å². The average molecular weight is 228 g/mol. The summed E-state index contributed by atoms with van der Waals surface area (Å²) in [5, 5.41) is 3.01. The van der Waals surface area contributed by atoms with Gasteiger partial charge in [-0.3, -0.25) is 4.79 Å². The first-order valence-electron chi connectivity index (χ1n) is 5.64. The number of nitrogens with two attached hydrogens (primary N) is 1. The van der Waals surface area contributed by atoms with Gasteiger partial charge in [-0.1, -0.05) is 32.5 Å². The summed E-state index contributed by atoms with van der Waals surface area (Å²) < 4.78 is 0. The fourth-order valence-corrected chi connectivity index (χ4v) is 2.24. The number of carbonyl (C=O) groups excluding carboxylic acids is 1. The molecule has 1 aliphatic carbocycles. The minimum absolute atomic E-state index is 0.0150. The van der Waals surface area contributed by atoms with Crippen LogP contribution in [0.4, 0.5) is 0 Å². The van der Waals surface area contributed by atoms with Crippen LogP contribution in [-0.2, 0) is 4.79 Å². The van der Waals surface area contributed by atoms with Gasteiger partial charge < -0.3 is 11.1 Å². The number of hydrogen-bond acceptors (Lipinski definition) is 2. The molecule has 0 aliphatic heterocycles. The first kappa shape index (κ1) is 12.4. The predicted molar refractivity (Wildman–Crippen MR) is 65.5 cm³/mol. The van der Waals surface area contributed by atoms with Crippen molar-refractivity contribution < 1.29 is 4.79 Å². The van der Waals surface area contributed by atoms with Crippen molar-refractivity contribution in [3.05, 3.63) is 0 Å². The van der Waals surface area contributed by atoms with E-state index in [9.17, 15) is 4.79 Å². The first-order chi connectivity index (χ1) is 7.04. The lowest BCUT2D eigenvalue weighted by molar-refractivity contribution is -0.124. The van der Waals surface area contributed by atoms with E-state index in [1.807, 2.05) is 6.92 Å². The summed E-state index contributed by atoms with van der Waals surface area (Å²) >= 11 is 4.91. The summed E-state index contributed by atoms with van der Waals surface area (Å²) in [7, 11) is 0. The van der Waals surface area contributed by atoms with E-state index in [-0.39, 0.29) is 11.8 Å².